The summed E-state index contributed by atoms with van der Waals surface area (Å²) in [5.41, 5.74) is 4.37. The normalized spacial score (nSPS) is 12.0. The van der Waals surface area contributed by atoms with E-state index in [2.05, 4.69) is 19.7 Å². The number of sulfonamides is 1. The van der Waals surface area contributed by atoms with Crippen molar-refractivity contribution in [3.63, 3.8) is 0 Å². The Morgan fingerprint density at radius 2 is 1.86 bits per heavy atom. The number of nitrogens with one attached hydrogen (secondary N) is 2. The Labute approximate surface area is 163 Å². The van der Waals surface area contributed by atoms with Crippen molar-refractivity contribution in [2.24, 2.45) is 0 Å². The van der Waals surface area contributed by atoms with Crippen LogP contribution in [0.4, 0.5) is 5.69 Å². The zero-order valence-corrected chi connectivity index (χ0v) is 16.7. The molecule has 2 aromatic heterocycles. The first-order valence-corrected chi connectivity index (χ1v) is 10.4. The van der Waals surface area contributed by atoms with Crippen molar-refractivity contribution in [3.05, 3.63) is 60.6 Å². The highest BCUT2D eigenvalue weighted by Gasteiger charge is 2.18. The van der Waals surface area contributed by atoms with Crippen LogP contribution in [-0.4, -0.2) is 27.9 Å². The van der Waals surface area contributed by atoms with Crippen molar-refractivity contribution in [2.45, 2.75) is 31.8 Å². The largest absolute Gasteiger partial charge is 0.338 e. The third-order valence-corrected chi connectivity index (χ3v) is 5.76. The van der Waals surface area contributed by atoms with Crippen LogP contribution in [0.1, 0.15) is 25.5 Å². The summed E-state index contributed by atoms with van der Waals surface area (Å²) < 4.78 is 29.4. The van der Waals surface area contributed by atoms with E-state index < -0.39 is 10.0 Å². The van der Waals surface area contributed by atoms with Gasteiger partial charge in [-0.05, 0) is 62.7 Å². The van der Waals surface area contributed by atoms with E-state index in [4.69, 9.17) is 0 Å². The fourth-order valence-corrected chi connectivity index (χ4v) is 3.90. The number of rotatable bonds is 5. The molecule has 0 amide bonds. The zero-order valence-electron chi connectivity index (χ0n) is 15.8. The number of nitrogens with zero attached hydrogens (tertiary/aromatic N) is 3. The van der Waals surface area contributed by atoms with Crippen LogP contribution in [0.25, 0.3) is 22.4 Å². The Balaban J connectivity index is 1.56. The van der Waals surface area contributed by atoms with Crippen LogP contribution in [0, 0.1) is 6.92 Å². The summed E-state index contributed by atoms with van der Waals surface area (Å²) in [6, 6.07) is 13.3. The summed E-state index contributed by atoms with van der Waals surface area (Å²) in [4.78, 5) is 11.9. The van der Waals surface area contributed by atoms with Gasteiger partial charge in [0, 0.05) is 23.5 Å². The first-order valence-electron chi connectivity index (χ1n) is 8.95. The molecule has 0 aliphatic carbocycles. The third kappa shape index (κ3) is 3.50. The lowest BCUT2D eigenvalue weighted by molar-refractivity contribution is 0.591. The summed E-state index contributed by atoms with van der Waals surface area (Å²) in [6.07, 6.45) is 3.05. The second-order valence-corrected chi connectivity index (χ2v) is 8.67. The van der Waals surface area contributed by atoms with Crippen molar-refractivity contribution in [1.82, 2.24) is 19.5 Å². The molecule has 2 aromatic carbocycles. The van der Waals surface area contributed by atoms with Crippen molar-refractivity contribution in [3.8, 4) is 11.4 Å². The van der Waals surface area contributed by atoms with Crippen LogP contribution >= 0.6 is 0 Å². The number of benzene rings is 2. The SMILES string of the molecule is Cc1ccc2nc(-c3ccc(NS(=O)(=O)c4cn(C(C)C)cn4)cc3)[nH]c2c1. The molecule has 0 radical (unpaired) electrons. The number of imidazole rings is 2. The van der Waals surface area contributed by atoms with Crippen molar-refractivity contribution >= 4 is 26.7 Å². The Hall–Kier alpha value is -3.13. The molecule has 0 spiro atoms. The third-order valence-electron chi connectivity index (χ3n) is 4.50. The van der Waals surface area contributed by atoms with Crippen LogP contribution in [0.15, 0.2) is 60.0 Å². The maximum atomic E-state index is 12.5. The van der Waals surface area contributed by atoms with Gasteiger partial charge in [-0.1, -0.05) is 6.07 Å². The number of aromatic amines is 1. The molecule has 7 nitrogen and oxygen atoms in total. The predicted octanol–water partition coefficient (Wildman–Crippen LogP) is 4.12. The van der Waals surface area contributed by atoms with Crippen molar-refractivity contribution in [1.29, 1.82) is 0 Å². The van der Waals surface area contributed by atoms with E-state index in [9.17, 15) is 8.42 Å². The highest BCUT2D eigenvalue weighted by atomic mass is 32.2. The van der Waals surface area contributed by atoms with Crippen molar-refractivity contribution in [2.75, 3.05) is 4.72 Å². The average Bonchev–Trinajstić information content (AvgIpc) is 3.29. The van der Waals surface area contributed by atoms with Gasteiger partial charge in [0.25, 0.3) is 10.0 Å². The maximum absolute atomic E-state index is 12.5. The van der Waals surface area contributed by atoms with Gasteiger partial charge in [-0.3, -0.25) is 4.72 Å². The molecule has 0 saturated heterocycles. The lowest BCUT2D eigenvalue weighted by Crippen LogP contribution is -2.13. The predicted molar refractivity (Wildman–Crippen MR) is 110 cm³/mol. The van der Waals surface area contributed by atoms with Gasteiger partial charge in [0.1, 0.15) is 5.82 Å². The summed E-state index contributed by atoms with van der Waals surface area (Å²) in [5, 5.41) is -0.00192. The van der Waals surface area contributed by atoms with E-state index in [0.717, 1.165) is 28.0 Å². The van der Waals surface area contributed by atoms with Gasteiger partial charge in [-0.15, -0.1) is 0 Å². The molecule has 2 heterocycles. The minimum atomic E-state index is -3.73. The summed E-state index contributed by atoms with van der Waals surface area (Å²) >= 11 is 0. The second kappa shape index (κ2) is 6.79. The maximum Gasteiger partial charge on any atom is 0.280 e. The number of aromatic nitrogens is 4. The lowest BCUT2D eigenvalue weighted by Gasteiger charge is -2.07. The standard InChI is InChI=1S/C20H21N5O2S/c1-13(2)25-11-19(21-12-25)28(26,27)24-16-7-5-15(6-8-16)20-22-17-9-4-14(3)10-18(17)23-20/h4-13,24H,1-3H3,(H,22,23). The quantitative estimate of drug-likeness (QED) is 0.532. The molecule has 2 N–H and O–H groups in total. The highest BCUT2D eigenvalue weighted by Crippen LogP contribution is 2.24. The van der Waals surface area contributed by atoms with Gasteiger partial charge < -0.3 is 9.55 Å². The molecule has 0 unspecified atom stereocenters. The number of H-pyrrole nitrogens is 1. The molecule has 0 bridgehead atoms. The molecule has 0 aliphatic heterocycles. The second-order valence-electron chi connectivity index (χ2n) is 7.04. The van der Waals surface area contributed by atoms with Crippen LogP contribution < -0.4 is 4.72 Å². The average molecular weight is 395 g/mol. The number of hydrogen-bond acceptors (Lipinski definition) is 4. The molecule has 4 rings (SSSR count). The zero-order chi connectivity index (χ0) is 19.9. The van der Waals surface area contributed by atoms with Gasteiger partial charge in [0.15, 0.2) is 5.03 Å². The van der Waals surface area contributed by atoms with Gasteiger partial charge in [0.2, 0.25) is 0 Å². The molecule has 0 aliphatic rings. The van der Waals surface area contributed by atoms with Gasteiger partial charge in [-0.25, -0.2) is 9.97 Å². The molecule has 0 saturated carbocycles. The number of fused-ring (bicyclic) bond motifs is 1. The first-order chi connectivity index (χ1) is 13.3. The highest BCUT2D eigenvalue weighted by molar-refractivity contribution is 7.92. The van der Waals surface area contributed by atoms with E-state index in [1.54, 1.807) is 16.7 Å². The lowest BCUT2D eigenvalue weighted by atomic mass is 10.2. The van der Waals surface area contributed by atoms with Crippen LogP contribution in [0.5, 0.6) is 0 Å². The van der Waals surface area contributed by atoms with Crippen LogP contribution in [0.2, 0.25) is 0 Å². The van der Waals surface area contributed by atoms with Crippen LogP contribution in [0.3, 0.4) is 0 Å². The summed E-state index contributed by atoms with van der Waals surface area (Å²) in [6.45, 7) is 5.96. The molecule has 144 valence electrons. The van der Waals surface area contributed by atoms with Gasteiger partial charge >= 0.3 is 0 Å². The Bertz CT molecular complexity index is 1240. The molecular weight excluding hydrogens is 374 g/mol. The number of aryl methyl sites for hydroxylation is 1. The molecule has 0 fully saturated rings. The Kier molecular flexibility index (Phi) is 4.43. The van der Waals surface area contributed by atoms with E-state index in [1.807, 2.05) is 51.1 Å². The fraction of sp³-hybridized carbons (Fsp3) is 0.200. The summed E-state index contributed by atoms with van der Waals surface area (Å²) in [7, 11) is -3.73. The number of hydrogen-bond donors (Lipinski definition) is 2. The Morgan fingerprint density at radius 3 is 2.54 bits per heavy atom. The minimum absolute atomic E-state index is 0.00192. The topological polar surface area (TPSA) is 92.7 Å². The smallest absolute Gasteiger partial charge is 0.280 e. The van der Waals surface area contributed by atoms with E-state index in [0.29, 0.717) is 5.69 Å². The van der Waals surface area contributed by atoms with E-state index in [1.165, 1.54) is 12.5 Å². The van der Waals surface area contributed by atoms with Gasteiger partial charge in [-0.2, -0.15) is 8.42 Å². The van der Waals surface area contributed by atoms with E-state index >= 15 is 0 Å². The number of anilines is 1. The van der Waals surface area contributed by atoms with E-state index in [-0.39, 0.29) is 11.1 Å². The molecule has 0 atom stereocenters. The Morgan fingerprint density at radius 1 is 1.11 bits per heavy atom. The molecule has 4 aromatic rings. The van der Waals surface area contributed by atoms with Crippen molar-refractivity contribution < 1.29 is 8.42 Å². The molecule has 28 heavy (non-hydrogen) atoms. The summed E-state index contributed by atoms with van der Waals surface area (Å²) in [5.74, 6) is 0.741. The molecular formula is C20H21N5O2S. The minimum Gasteiger partial charge on any atom is -0.338 e. The monoisotopic (exact) mass is 395 g/mol. The van der Waals surface area contributed by atoms with Gasteiger partial charge in [0.05, 0.1) is 17.4 Å². The molecule has 8 heteroatoms. The van der Waals surface area contributed by atoms with Crippen LogP contribution in [-0.2, 0) is 10.0 Å². The first kappa shape index (κ1) is 18.2. The fourth-order valence-electron chi connectivity index (χ4n) is 2.90.